The van der Waals surface area contributed by atoms with Gasteiger partial charge in [0.15, 0.2) is 11.6 Å². The number of nitrogens with zero attached hydrogens (tertiary/aromatic N) is 2. The molecule has 5 nitrogen and oxygen atoms in total. The fourth-order valence-corrected chi connectivity index (χ4v) is 3.21. The highest BCUT2D eigenvalue weighted by Gasteiger charge is 2.11. The molecule has 1 aromatic heterocycles. The standard InChI is InChI=1S/C24H24N4.C3H8.CH2O/c1-3-8-18-9-4-5-10-20(18)26-24-23(25-19-15-13-17(2)14-16-19)27-21-11-6-7-12-22(21)28-24;1-3-2;1-2/h4-7,9-16H,3,8H2,1-2H3,(H,25,27)(H,26,28);3H2,1-2H3;1H2. The zero-order valence-electron chi connectivity index (χ0n) is 20.1. The number of aryl methyl sites for hydroxylation is 2. The van der Waals surface area contributed by atoms with E-state index in [2.05, 4.69) is 80.8 Å². The van der Waals surface area contributed by atoms with Crippen molar-refractivity contribution >= 4 is 40.8 Å². The first-order chi connectivity index (χ1) is 16.1. The number of anilines is 4. The van der Waals surface area contributed by atoms with Crippen LogP contribution in [-0.4, -0.2) is 16.8 Å². The molecule has 2 N–H and O–H groups in total. The lowest BCUT2D eigenvalue weighted by Gasteiger charge is -2.15. The predicted octanol–water partition coefficient (Wildman–Crippen LogP) is 7.61. The van der Waals surface area contributed by atoms with E-state index in [-0.39, 0.29) is 0 Å². The molecule has 0 unspecified atom stereocenters. The molecule has 0 aliphatic heterocycles. The Morgan fingerprint density at radius 2 is 1.24 bits per heavy atom. The molecule has 0 amide bonds. The number of carbonyl (C=O) groups is 1. The molecule has 0 bridgehead atoms. The third-order valence-corrected chi connectivity index (χ3v) is 4.67. The Morgan fingerprint density at radius 3 is 1.82 bits per heavy atom. The maximum Gasteiger partial charge on any atom is 0.174 e. The summed E-state index contributed by atoms with van der Waals surface area (Å²) in [7, 11) is 0. The van der Waals surface area contributed by atoms with E-state index < -0.39 is 0 Å². The Balaban J connectivity index is 0.000000714. The molecule has 0 radical (unpaired) electrons. The number of benzene rings is 3. The van der Waals surface area contributed by atoms with E-state index in [0.717, 1.165) is 41.1 Å². The molecule has 4 rings (SSSR count). The second-order valence-electron chi connectivity index (χ2n) is 7.64. The largest absolute Gasteiger partial charge is 0.337 e. The summed E-state index contributed by atoms with van der Waals surface area (Å²) in [5, 5.41) is 6.94. The summed E-state index contributed by atoms with van der Waals surface area (Å²) in [6, 6.07) is 24.6. The van der Waals surface area contributed by atoms with E-state index in [1.807, 2.05) is 37.1 Å². The maximum atomic E-state index is 8.00. The second kappa shape index (κ2) is 13.6. The number of aromatic nitrogens is 2. The fraction of sp³-hybridized carbons (Fsp3) is 0.250. The van der Waals surface area contributed by atoms with Gasteiger partial charge in [-0.1, -0.05) is 81.6 Å². The predicted molar refractivity (Wildman–Crippen MR) is 141 cm³/mol. The van der Waals surface area contributed by atoms with Crippen molar-refractivity contribution in [3.05, 3.63) is 83.9 Å². The molecule has 5 heteroatoms. The zero-order chi connectivity index (χ0) is 24.1. The van der Waals surface area contributed by atoms with E-state index in [4.69, 9.17) is 14.8 Å². The molecule has 0 saturated heterocycles. The molecular formula is C28H34N4O. The Bertz CT molecular complexity index is 1130. The van der Waals surface area contributed by atoms with Crippen molar-refractivity contribution in [1.29, 1.82) is 0 Å². The van der Waals surface area contributed by atoms with Gasteiger partial charge in [0.25, 0.3) is 0 Å². The van der Waals surface area contributed by atoms with Gasteiger partial charge in [0, 0.05) is 11.4 Å². The maximum absolute atomic E-state index is 8.00. The summed E-state index contributed by atoms with van der Waals surface area (Å²) < 4.78 is 0. The number of rotatable bonds is 6. The minimum atomic E-state index is 0.717. The topological polar surface area (TPSA) is 66.9 Å². The van der Waals surface area contributed by atoms with Gasteiger partial charge in [0.1, 0.15) is 6.79 Å². The molecule has 33 heavy (non-hydrogen) atoms. The van der Waals surface area contributed by atoms with E-state index in [1.54, 1.807) is 0 Å². The highest BCUT2D eigenvalue weighted by atomic mass is 16.1. The summed E-state index contributed by atoms with van der Waals surface area (Å²) in [4.78, 5) is 17.7. The molecule has 0 aliphatic rings. The van der Waals surface area contributed by atoms with Gasteiger partial charge >= 0.3 is 0 Å². The van der Waals surface area contributed by atoms with Gasteiger partial charge in [-0.3, -0.25) is 0 Å². The monoisotopic (exact) mass is 442 g/mol. The Labute approximate surface area is 197 Å². The number of fused-ring (bicyclic) bond motifs is 1. The van der Waals surface area contributed by atoms with Crippen LogP contribution in [0, 0.1) is 6.92 Å². The van der Waals surface area contributed by atoms with Crippen LogP contribution in [0.4, 0.5) is 23.0 Å². The van der Waals surface area contributed by atoms with E-state index in [9.17, 15) is 0 Å². The highest BCUT2D eigenvalue weighted by Crippen LogP contribution is 2.29. The number of hydrogen-bond donors (Lipinski definition) is 2. The minimum absolute atomic E-state index is 0.717. The summed E-state index contributed by atoms with van der Waals surface area (Å²) in [6.45, 7) is 10.5. The smallest absolute Gasteiger partial charge is 0.174 e. The average molecular weight is 443 g/mol. The highest BCUT2D eigenvalue weighted by molar-refractivity contribution is 5.83. The summed E-state index contributed by atoms with van der Waals surface area (Å²) in [6.07, 6.45) is 3.36. The fourth-order valence-electron chi connectivity index (χ4n) is 3.21. The molecule has 0 atom stereocenters. The van der Waals surface area contributed by atoms with Gasteiger partial charge in [0.2, 0.25) is 0 Å². The quantitative estimate of drug-likeness (QED) is 0.322. The molecule has 172 valence electrons. The van der Waals surface area contributed by atoms with E-state index in [1.165, 1.54) is 17.5 Å². The lowest BCUT2D eigenvalue weighted by atomic mass is 10.1. The molecule has 0 aliphatic carbocycles. The number of para-hydroxylation sites is 3. The number of hydrogen-bond acceptors (Lipinski definition) is 5. The molecule has 3 aromatic carbocycles. The van der Waals surface area contributed by atoms with Crippen molar-refractivity contribution in [2.45, 2.75) is 47.0 Å². The van der Waals surface area contributed by atoms with Gasteiger partial charge in [-0.05, 0) is 49.2 Å². The van der Waals surface area contributed by atoms with Crippen LogP contribution < -0.4 is 10.6 Å². The van der Waals surface area contributed by atoms with Gasteiger partial charge < -0.3 is 15.4 Å². The van der Waals surface area contributed by atoms with Crippen LogP contribution in [0.15, 0.2) is 72.8 Å². The first kappa shape index (κ1) is 25.5. The van der Waals surface area contributed by atoms with Crippen LogP contribution in [0.1, 0.15) is 44.7 Å². The molecule has 0 fully saturated rings. The van der Waals surface area contributed by atoms with Crippen molar-refractivity contribution in [3.8, 4) is 0 Å². The van der Waals surface area contributed by atoms with E-state index in [0.29, 0.717) is 5.82 Å². The molecule has 4 aromatic rings. The first-order valence-corrected chi connectivity index (χ1v) is 11.4. The van der Waals surface area contributed by atoms with Crippen molar-refractivity contribution in [3.63, 3.8) is 0 Å². The van der Waals surface area contributed by atoms with Gasteiger partial charge in [-0.25, -0.2) is 9.97 Å². The number of carbonyl (C=O) groups excluding carboxylic acids is 1. The van der Waals surface area contributed by atoms with E-state index >= 15 is 0 Å². The number of nitrogens with one attached hydrogen (secondary N) is 2. The van der Waals surface area contributed by atoms with Crippen molar-refractivity contribution < 1.29 is 4.79 Å². The third-order valence-electron chi connectivity index (χ3n) is 4.67. The van der Waals surface area contributed by atoms with Crippen LogP contribution >= 0.6 is 0 Å². The van der Waals surface area contributed by atoms with Crippen LogP contribution in [0.25, 0.3) is 11.0 Å². The van der Waals surface area contributed by atoms with Crippen molar-refractivity contribution in [2.24, 2.45) is 0 Å². The molecule has 0 saturated carbocycles. The van der Waals surface area contributed by atoms with Gasteiger partial charge in [0.05, 0.1) is 11.0 Å². The molecule has 0 spiro atoms. The van der Waals surface area contributed by atoms with Gasteiger partial charge in [-0.2, -0.15) is 0 Å². The average Bonchev–Trinajstić information content (AvgIpc) is 2.84. The normalized spacial score (nSPS) is 9.82. The Morgan fingerprint density at radius 1 is 0.727 bits per heavy atom. The zero-order valence-corrected chi connectivity index (χ0v) is 20.1. The molecule has 1 heterocycles. The van der Waals surface area contributed by atoms with Crippen LogP contribution in [0.5, 0.6) is 0 Å². The van der Waals surface area contributed by atoms with Crippen molar-refractivity contribution in [2.75, 3.05) is 10.6 Å². The van der Waals surface area contributed by atoms with Gasteiger partial charge in [-0.15, -0.1) is 0 Å². The lowest BCUT2D eigenvalue weighted by molar-refractivity contribution is -0.0979. The third kappa shape index (κ3) is 7.42. The Kier molecular flexibility index (Phi) is 10.5. The van der Waals surface area contributed by atoms with Crippen LogP contribution in [-0.2, 0) is 11.2 Å². The summed E-state index contributed by atoms with van der Waals surface area (Å²) >= 11 is 0. The SMILES string of the molecule is C=O.CCC.CCCc1ccccc1Nc1nc2ccccc2nc1Nc1ccc(C)cc1. The minimum Gasteiger partial charge on any atom is -0.337 e. The molecular weight excluding hydrogens is 408 g/mol. The summed E-state index contributed by atoms with van der Waals surface area (Å²) in [5.41, 5.74) is 6.29. The first-order valence-electron chi connectivity index (χ1n) is 11.4. The van der Waals surface area contributed by atoms with Crippen LogP contribution in [0.2, 0.25) is 0 Å². The van der Waals surface area contributed by atoms with Crippen LogP contribution in [0.3, 0.4) is 0 Å². The lowest BCUT2D eigenvalue weighted by Crippen LogP contribution is -2.04. The second-order valence-corrected chi connectivity index (χ2v) is 7.64. The Hall–Kier alpha value is -3.73. The summed E-state index contributed by atoms with van der Waals surface area (Å²) in [5.74, 6) is 1.44. The van der Waals surface area contributed by atoms with Crippen molar-refractivity contribution in [1.82, 2.24) is 9.97 Å².